The lowest BCUT2D eigenvalue weighted by Crippen LogP contribution is -2.57. The minimum Gasteiger partial charge on any atom is -0.484 e. The zero-order valence-electron chi connectivity index (χ0n) is 33.0. The van der Waals surface area contributed by atoms with Crippen LogP contribution in [0.5, 0.6) is 5.75 Å². The molecule has 310 valence electrons. The van der Waals surface area contributed by atoms with Gasteiger partial charge in [-0.3, -0.25) is 19.2 Å². The van der Waals surface area contributed by atoms with E-state index in [4.69, 9.17) is 6.11 Å². The molecular weight excluding hydrogens is 783 g/mol. The summed E-state index contributed by atoms with van der Waals surface area (Å²) >= 11 is 1.24. The van der Waals surface area contributed by atoms with Crippen LogP contribution in [0.1, 0.15) is 74.8 Å². The molecule has 1 aliphatic carbocycles. The molecule has 5 N–H and O–H groups in total. The molecule has 1 heterocycles. The number of nitrogens with one attached hydrogen (secondary N) is 3. The number of ether oxygens (including phenoxy) is 1. The molecule has 0 aromatic heterocycles. The maximum atomic E-state index is 13.7. The smallest absolute Gasteiger partial charge is 0.330 e. The molecule has 0 radical (unpaired) electrons. The van der Waals surface area contributed by atoms with Crippen LogP contribution >= 0.6 is 11.8 Å². The van der Waals surface area contributed by atoms with E-state index < -0.39 is 83.9 Å². The molecule has 4 aromatic rings. The monoisotopic (exact) mass is 829 g/mol. The van der Waals surface area contributed by atoms with Gasteiger partial charge >= 0.3 is 5.97 Å². The third kappa shape index (κ3) is 11.4. The van der Waals surface area contributed by atoms with E-state index in [9.17, 15) is 43.0 Å². The number of hydrogen-bond acceptors (Lipinski definition) is 8. The normalized spacial score (nSPS) is 18.9. The predicted octanol–water partition coefficient (Wildman–Crippen LogP) is 5.78. The number of rotatable bonds is 18. The number of nitrogens with zero attached hydrogens (tertiary/aromatic N) is 1. The van der Waals surface area contributed by atoms with Crippen LogP contribution in [0.25, 0.3) is 0 Å². The fourth-order valence-corrected chi connectivity index (χ4v) is 8.43. The first kappa shape index (κ1) is 41.4. The molecular formula is C44H46F2N4O8S. The van der Waals surface area contributed by atoms with Crippen molar-refractivity contribution >= 4 is 47.0 Å². The molecule has 0 spiro atoms. The lowest BCUT2D eigenvalue weighted by atomic mass is 9.84. The summed E-state index contributed by atoms with van der Waals surface area (Å²) in [4.78, 5) is 66.4. The zero-order chi connectivity index (χ0) is 42.8. The van der Waals surface area contributed by atoms with Crippen LogP contribution in [0.3, 0.4) is 0 Å². The van der Waals surface area contributed by atoms with Gasteiger partial charge in [0.15, 0.2) is 12.6 Å². The van der Waals surface area contributed by atoms with Crippen molar-refractivity contribution in [1.29, 1.82) is 0 Å². The Bertz CT molecular complexity index is 2130. The van der Waals surface area contributed by atoms with Crippen molar-refractivity contribution in [3.8, 4) is 5.75 Å². The van der Waals surface area contributed by atoms with E-state index in [2.05, 4.69) is 16.0 Å². The third-order valence-corrected chi connectivity index (χ3v) is 11.6. The topological polar surface area (TPSA) is 174 Å². The number of anilines is 1. The fraction of sp³-hybridized carbons (Fsp3) is 0.341. The highest BCUT2D eigenvalue weighted by atomic mass is 32.2. The zero-order valence-corrected chi connectivity index (χ0v) is 32.8. The molecule has 4 aromatic carbocycles. The SMILES string of the molecule is [2H]C1(C[C@H](NC(=O)CNC(=O)COc2ccc([C@@H]3[C@@H](SC[C@H](O)c4ccc(F)cc4)C(=O)N3c3ccc(F)cc3)cc2)C(=O)N[C@@H](C(=O)O)c2ccccc2)CCCCC1. The quantitative estimate of drug-likeness (QED) is 0.0780. The van der Waals surface area contributed by atoms with Crippen LogP contribution in [0.15, 0.2) is 103 Å². The lowest BCUT2D eigenvalue weighted by molar-refractivity contribution is -0.142. The van der Waals surface area contributed by atoms with Crippen molar-refractivity contribution in [3.63, 3.8) is 0 Å². The number of halogens is 2. The van der Waals surface area contributed by atoms with Gasteiger partial charge in [-0.05, 0) is 77.5 Å². The van der Waals surface area contributed by atoms with E-state index >= 15 is 0 Å². The maximum Gasteiger partial charge on any atom is 0.330 e. The number of carbonyl (C=O) groups excluding carboxylic acids is 4. The Morgan fingerprint density at radius 3 is 2.12 bits per heavy atom. The van der Waals surface area contributed by atoms with Gasteiger partial charge in [0.05, 0.1) is 18.7 Å². The minimum atomic E-state index is -1.38. The molecule has 2 fully saturated rings. The summed E-state index contributed by atoms with van der Waals surface area (Å²) in [6.07, 6.45) is 2.62. The molecule has 59 heavy (non-hydrogen) atoms. The number of aliphatic hydroxyl groups excluding tert-OH is 1. The molecule has 6 rings (SSSR count). The average molecular weight is 830 g/mol. The van der Waals surface area contributed by atoms with Crippen LogP contribution < -0.4 is 25.6 Å². The molecule has 12 nitrogen and oxygen atoms in total. The Morgan fingerprint density at radius 2 is 1.47 bits per heavy atom. The summed E-state index contributed by atoms with van der Waals surface area (Å²) in [6.45, 7) is -0.978. The summed E-state index contributed by atoms with van der Waals surface area (Å²) in [7, 11) is 0. The number of amides is 4. The van der Waals surface area contributed by atoms with Crippen molar-refractivity contribution in [1.82, 2.24) is 16.0 Å². The highest BCUT2D eigenvalue weighted by Gasteiger charge is 2.49. The van der Waals surface area contributed by atoms with E-state index in [0.717, 1.165) is 19.3 Å². The number of hydrogen-bond donors (Lipinski definition) is 5. The van der Waals surface area contributed by atoms with E-state index in [1.807, 2.05) is 0 Å². The Kier molecular flexibility index (Phi) is 14.2. The summed E-state index contributed by atoms with van der Waals surface area (Å²) in [5, 5.41) is 27.6. The lowest BCUT2D eigenvalue weighted by Gasteiger charge is -2.47. The number of β-lactam (4-membered cyclic amide) rings is 1. The summed E-state index contributed by atoms with van der Waals surface area (Å²) in [6, 6.07) is 22.7. The number of benzene rings is 4. The minimum absolute atomic E-state index is 0.0349. The highest BCUT2D eigenvalue weighted by molar-refractivity contribution is 8.00. The van der Waals surface area contributed by atoms with Crippen molar-refractivity contribution in [2.24, 2.45) is 5.89 Å². The van der Waals surface area contributed by atoms with Gasteiger partial charge in [0.1, 0.15) is 28.7 Å². The molecule has 1 saturated heterocycles. The second-order valence-corrected chi connectivity index (χ2v) is 15.6. The van der Waals surface area contributed by atoms with Crippen molar-refractivity contribution < 1.29 is 49.1 Å². The van der Waals surface area contributed by atoms with Gasteiger partial charge in [-0.25, -0.2) is 13.6 Å². The molecule has 2 aliphatic rings. The maximum absolute atomic E-state index is 13.7. The molecule has 5 atom stereocenters. The Balaban J connectivity index is 1.04. The van der Waals surface area contributed by atoms with E-state index in [0.29, 0.717) is 41.0 Å². The number of thioether (sulfide) groups is 1. The predicted molar refractivity (Wildman–Crippen MR) is 217 cm³/mol. The van der Waals surface area contributed by atoms with Crippen molar-refractivity contribution in [2.75, 3.05) is 23.8 Å². The van der Waals surface area contributed by atoms with E-state index in [1.165, 1.54) is 65.2 Å². The number of carbonyl (C=O) groups is 5. The highest BCUT2D eigenvalue weighted by Crippen LogP contribution is 2.46. The van der Waals surface area contributed by atoms with Crippen LogP contribution in [0.4, 0.5) is 14.5 Å². The van der Waals surface area contributed by atoms with Gasteiger partial charge in [0.25, 0.3) is 5.91 Å². The van der Waals surface area contributed by atoms with E-state index in [1.54, 1.807) is 54.6 Å². The van der Waals surface area contributed by atoms with Crippen LogP contribution in [-0.2, 0) is 24.0 Å². The average Bonchev–Trinajstić information content (AvgIpc) is 3.24. The Labute approximate surface area is 346 Å². The van der Waals surface area contributed by atoms with Crippen molar-refractivity contribution in [2.45, 2.75) is 68.0 Å². The Hall–Kier alpha value is -5.80. The number of carboxylic acid groups (broad SMARTS) is 1. The number of aliphatic carboxylic acids is 1. The van der Waals surface area contributed by atoms with Gasteiger partial charge < -0.3 is 35.8 Å². The van der Waals surface area contributed by atoms with Gasteiger partial charge in [-0.1, -0.05) is 86.7 Å². The second-order valence-electron chi connectivity index (χ2n) is 14.4. The van der Waals surface area contributed by atoms with Gasteiger partial charge in [-0.15, -0.1) is 11.8 Å². The first-order chi connectivity index (χ1) is 28.8. The second kappa shape index (κ2) is 20.3. The van der Waals surface area contributed by atoms with Gasteiger partial charge in [0, 0.05) is 12.8 Å². The summed E-state index contributed by atoms with van der Waals surface area (Å²) in [5.41, 5.74) is 2.04. The fourth-order valence-electron chi connectivity index (χ4n) is 7.13. The van der Waals surface area contributed by atoms with Gasteiger partial charge in [0.2, 0.25) is 17.7 Å². The third-order valence-electron chi connectivity index (χ3n) is 10.2. The molecule has 1 aliphatic heterocycles. The molecule has 15 heteroatoms. The first-order valence-corrected chi connectivity index (χ1v) is 20.4. The molecule has 1 saturated carbocycles. The number of carboxylic acids is 1. The largest absolute Gasteiger partial charge is 0.484 e. The summed E-state index contributed by atoms with van der Waals surface area (Å²) in [5.74, 6) is -5.05. The van der Waals surface area contributed by atoms with Crippen LogP contribution in [0, 0.1) is 17.5 Å². The van der Waals surface area contributed by atoms with E-state index in [-0.39, 0.29) is 18.1 Å². The first-order valence-electron chi connectivity index (χ1n) is 19.8. The van der Waals surface area contributed by atoms with Crippen LogP contribution in [-0.4, -0.2) is 70.0 Å². The number of aliphatic hydroxyl groups is 1. The Morgan fingerprint density at radius 1 is 0.831 bits per heavy atom. The molecule has 0 bridgehead atoms. The van der Waals surface area contributed by atoms with Gasteiger partial charge in [-0.2, -0.15) is 0 Å². The molecule has 0 unspecified atom stereocenters. The van der Waals surface area contributed by atoms with Crippen LogP contribution in [0.2, 0.25) is 0 Å². The summed E-state index contributed by atoms with van der Waals surface area (Å²) < 4.78 is 41.8. The standard InChI is InChI=1S/C44H46F2N4O8S/c45-31-15-11-28(12-16-31)36(51)26-59-41-40(50(43(41)55)33-19-17-32(46)18-20-33)30-13-21-34(22-14-30)58-25-38(53)47-24-37(52)48-35(23-27-7-3-1-4-8-27)42(54)49-39(44(56)57)29-9-5-2-6-10-29/h2,5-6,9-22,27,35-36,39-41,51H,1,3-4,7-8,23-26H2,(H,47,53)(H,48,52)(H,49,54)(H,56,57)/t35-,36-,39+,40+,41+/m0/s1/i27D. The molecule has 4 amide bonds. The van der Waals surface area contributed by atoms with Crippen molar-refractivity contribution in [3.05, 3.63) is 131 Å².